The molecular formula is C16H32N2O. The van der Waals surface area contributed by atoms with Gasteiger partial charge in [-0.3, -0.25) is 4.90 Å². The lowest BCUT2D eigenvalue weighted by Gasteiger charge is -2.54. The molecule has 0 aromatic rings. The summed E-state index contributed by atoms with van der Waals surface area (Å²) in [4.78, 5) is 2.68. The van der Waals surface area contributed by atoms with E-state index in [0.29, 0.717) is 6.04 Å². The van der Waals surface area contributed by atoms with Crippen LogP contribution in [-0.2, 0) is 4.74 Å². The molecule has 0 spiro atoms. The highest BCUT2D eigenvalue weighted by molar-refractivity contribution is 4.97. The van der Waals surface area contributed by atoms with Crippen LogP contribution in [0.3, 0.4) is 0 Å². The van der Waals surface area contributed by atoms with Gasteiger partial charge >= 0.3 is 0 Å². The quantitative estimate of drug-likeness (QED) is 0.848. The second kappa shape index (κ2) is 5.34. The summed E-state index contributed by atoms with van der Waals surface area (Å²) in [6.07, 6.45) is 2.74. The predicted octanol–water partition coefficient (Wildman–Crippen LogP) is 2.65. The molecule has 2 aliphatic rings. The highest BCUT2D eigenvalue weighted by atomic mass is 16.5. The monoisotopic (exact) mass is 268 g/mol. The molecule has 1 saturated heterocycles. The van der Waals surface area contributed by atoms with Crippen molar-refractivity contribution in [3.8, 4) is 0 Å². The Kier molecular flexibility index (Phi) is 4.29. The lowest BCUT2D eigenvalue weighted by molar-refractivity contribution is -0.197. The number of morpholine rings is 1. The van der Waals surface area contributed by atoms with Crippen LogP contribution in [0.2, 0.25) is 0 Å². The topological polar surface area (TPSA) is 24.5 Å². The maximum absolute atomic E-state index is 6.19. The van der Waals surface area contributed by atoms with E-state index in [4.69, 9.17) is 4.74 Å². The zero-order chi connectivity index (χ0) is 14.3. The molecule has 3 nitrogen and oxygen atoms in total. The Bertz CT molecular complexity index is 296. The van der Waals surface area contributed by atoms with Gasteiger partial charge in [-0.1, -0.05) is 13.8 Å². The van der Waals surface area contributed by atoms with E-state index in [1.54, 1.807) is 0 Å². The van der Waals surface area contributed by atoms with Crippen molar-refractivity contribution in [3.63, 3.8) is 0 Å². The van der Waals surface area contributed by atoms with Crippen molar-refractivity contribution < 1.29 is 4.74 Å². The lowest BCUT2D eigenvalue weighted by Crippen LogP contribution is -2.63. The molecule has 1 N–H and O–H groups in total. The maximum Gasteiger partial charge on any atom is 0.0760 e. The van der Waals surface area contributed by atoms with E-state index in [2.05, 4.69) is 51.8 Å². The summed E-state index contributed by atoms with van der Waals surface area (Å²) in [6.45, 7) is 16.7. The van der Waals surface area contributed by atoms with E-state index in [1.165, 1.54) is 19.4 Å². The van der Waals surface area contributed by atoms with Crippen LogP contribution in [0.1, 0.15) is 54.4 Å². The van der Waals surface area contributed by atoms with Crippen LogP contribution >= 0.6 is 0 Å². The Morgan fingerprint density at radius 2 is 1.68 bits per heavy atom. The van der Waals surface area contributed by atoms with Crippen LogP contribution in [0.4, 0.5) is 0 Å². The number of ether oxygens (including phenoxy) is 1. The highest BCUT2D eigenvalue weighted by Crippen LogP contribution is 2.37. The number of nitrogens with zero attached hydrogens (tertiary/aromatic N) is 1. The van der Waals surface area contributed by atoms with E-state index < -0.39 is 0 Å². The third kappa shape index (κ3) is 3.93. The minimum Gasteiger partial charge on any atom is -0.367 e. The maximum atomic E-state index is 6.19. The summed E-state index contributed by atoms with van der Waals surface area (Å²) < 4.78 is 6.19. The summed E-state index contributed by atoms with van der Waals surface area (Å²) in [7, 11) is 0. The normalized spacial score (nSPS) is 34.3. The van der Waals surface area contributed by atoms with E-state index in [1.807, 2.05) is 0 Å². The van der Waals surface area contributed by atoms with Crippen LogP contribution in [0.15, 0.2) is 0 Å². The first kappa shape index (κ1) is 15.3. The third-order valence-corrected chi connectivity index (χ3v) is 4.36. The summed E-state index contributed by atoms with van der Waals surface area (Å²) in [5.41, 5.74) is -0.0409. The molecule has 1 aliphatic carbocycles. The first-order valence-corrected chi connectivity index (χ1v) is 7.86. The first-order valence-electron chi connectivity index (χ1n) is 7.86. The predicted molar refractivity (Wildman–Crippen MR) is 80.5 cm³/mol. The Morgan fingerprint density at radius 1 is 1.11 bits per heavy atom. The van der Waals surface area contributed by atoms with Gasteiger partial charge in [0.05, 0.1) is 11.2 Å². The van der Waals surface area contributed by atoms with Crippen molar-refractivity contribution in [2.45, 2.75) is 77.7 Å². The fraction of sp³-hybridized carbons (Fsp3) is 1.00. The molecule has 112 valence electrons. The molecule has 0 amide bonds. The zero-order valence-corrected chi connectivity index (χ0v) is 13.6. The van der Waals surface area contributed by atoms with Gasteiger partial charge in [-0.25, -0.2) is 0 Å². The second-order valence-electron chi connectivity index (χ2n) is 7.99. The molecule has 0 aromatic heterocycles. The van der Waals surface area contributed by atoms with Crippen molar-refractivity contribution in [3.05, 3.63) is 0 Å². The Balaban J connectivity index is 1.94. The zero-order valence-electron chi connectivity index (χ0n) is 13.6. The van der Waals surface area contributed by atoms with Crippen LogP contribution in [0.5, 0.6) is 0 Å². The molecule has 3 heteroatoms. The molecule has 19 heavy (non-hydrogen) atoms. The molecule has 1 heterocycles. The van der Waals surface area contributed by atoms with Gasteiger partial charge in [0.15, 0.2) is 0 Å². The SMILES string of the molecule is CC(C)NCC1CCC1N1CC(C)(C)OC(C)(C)C1. The number of rotatable bonds is 4. The van der Waals surface area contributed by atoms with Crippen LogP contribution in [-0.4, -0.2) is 47.8 Å². The molecule has 0 bridgehead atoms. The van der Waals surface area contributed by atoms with Gasteiger partial charge in [0.1, 0.15) is 0 Å². The smallest absolute Gasteiger partial charge is 0.0760 e. The minimum absolute atomic E-state index is 0.0205. The molecule has 0 radical (unpaired) electrons. The van der Waals surface area contributed by atoms with Gasteiger partial charge in [0.2, 0.25) is 0 Å². The average Bonchev–Trinajstić information content (AvgIpc) is 2.09. The Hall–Kier alpha value is -0.120. The molecule has 0 aromatic carbocycles. The van der Waals surface area contributed by atoms with Gasteiger partial charge in [-0.15, -0.1) is 0 Å². The van der Waals surface area contributed by atoms with Gasteiger partial charge in [0.25, 0.3) is 0 Å². The molecule has 2 unspecified atom stereocenters. The molecule has 1 saturated carbocycles. The van der Waals surface area contributed by atoms with Crippen molar-refractivity contribution in [2.24, 2.45) is 5.92 Å². The van der Waals surface area contributed by atoms with E-state index >= 15 is 0 Å². The van der Waals surface area contributed by atoms with Crippen LogP contribution < -0.4 is 5.32 Å². The molecule has 1 aliphatic heterocycles. The van der Waals surface area contributed by atoms with Crippen molar-refractivity contribution in [2.75, 3.05) is 19.6 Å². The molecule has 2 rings (SSSR count). The van der Waals surface area contributed by atoms with Crippen molar-refractivity contribution in [1.29, 1.82) is 0 Å². The highest BCUT2D eigenvalue weighted by Gasteiger charge is 2.44. The second-order valence-corrected chi connectivity index (χ2v) is 7.99. The van der Waals surface area contributed by atoms with Gasteiger partial charge in [0, 0.05) is 25.2 Å². The number of nitrogens with one attached hydrogen (secondary N) is 1. The van der Waals surface area contributed by atoms with Crippen molar-refractivity contribution >= 4 is 0 Å². The summed E-state index contributed by atoms with van der Waals surface area (Å²) in [6, 6.07) is 1.35. The number of hydrogen-bond donors (Lipinski definition) is 1. The van der Waals surface area contributed by atoms with Gasteiger partial charge in [-0.05, 0) is 53.0 Å². The molecule has 2 fully saturated rings. The summed E-state index contributed by atoms with van der Waals surface area (Å²) in [5, 5.41) is 3.60. The Labute approximate surface area is 119 Å². The average molecular weight is 268 g/mol. The van der Waals surface area contributed by atoms with E-state index in [9.17, 15) is 0 Å². The lowest BCUT2D eigenvalue weighted by atomic mass is 9.77. The van der Waals surface area contributed by atoms with Crippen LogP contribution in [0.25, 0.3) is 0 Å². The fourth-order valence-corrected chi connectivity index (χ4v) is 3.74. The number of hydrogen-bond acceptors (Lipinski definition) is 3. The van der Waals surface area contributed by atoms with E-state index in [-0.39, 0.29) is 11.2 Å². The van der Waals surface area contributed by atoms with Gasteiger partial charge < -0.3 is 10.1 Å². The fourth-order valence-electron chi connectivity index (χ4n) is 3.74. The van der Waals surface area contributed by atoms with Crippen LogP contribution in [0, 0.1) is 5.92 Å². The van der Waals surface area contributed by atoms with E-state index in [0.717, 1.165) is 25.0 Å². The summed E-state index contributed by atoms with van der Waals surface area (Å²) in [5.74, 6) is 0.826. The van der Waals surface area contributed by atoms with Gasteiger partial charge in [-0.2, -0.15) is 0 Å². The molecule has 2 atom stereocenters. The third-order valence-electron chi connectivity index (χ3n) is 4.36. The molecular weight excluding hydrogens is 236 g/mol. The minimum atomic E-state index is -0.0205. The summed E-state index contributed by atoms with van der Waals surface area (Å²) >= 11 is 0. The standard InChI is InChI=1S/C16H32N2O/c1-12(2)17-9-13-7-8-14(13)18-10-15(3,4)19-16(5,6)11-18/h12-14,17H,7-11H2,1-6H3. The first-order chi connectivity index (χ1) is 8.69. The Morgan fingerprint density at radius 3 is 2.11 bits per heavy atom. The largest absolute Gasteiger partial charge is 0.367 e. The van der Waals surface area contributed by atoms with Crippen molar-refractivity contribution in [1.82, 2.24) is 10.2 Å².